The summed E-state index contributed by atoms with van der Waals surface area (Å²) in [5.41, 5.74) is 0. The number of halogens is 2. The maximum atomic E-state index is 9.71. The van der Waals surface area contributed by atoms with E-state index < -0.39 is 11.3 Å². The van der Waals surface area contributed by atoms with Crippen LogP contribution >= 0.6 is 23.2 Å². The van der Waals surface area contributed by atoms with Gasteiger partial charge in [0, 0.05) is 5.88 Å². The van der Waals surface area contributed by atoms with Gasteiger partial charge >= 0.3 is 5.97 Å². The molecule has 0 aromatic carbocycles. The van der Waals surface area contributed by atoms with Crippen LogP contribution in [0, 0.1) is 0 Å². The van der Waals surface area contributed by atoms with Crippen molar-refractivity contribution in [3.8, 4) is 0 Å². The van der Waals surface area contributed by atoms with Gasteiger partial charge in [-0.05, 0) is 0 Å². The maximum Gasteiger partial charge on any atom is 0.322 e. The van der Waals surface area contributed by atoms with Crippen LogP contribution in [0.4, 0.5) is 0 Å². The molecule has 0 aliphatic carbocycles. The summed E-state index contributed by atoms with van der Waals surface area (Å²) in [6.45, 7) is 0. The predicted octanol–water partition coefficient (Wildman–Crippen LogP) is -0.267. The lowest BCUT2D eigenvalue weighted by atomic mass is 10.5. The lowest BCUT2D eigenvalue weighted by Gasteiger charge is -1.92. The van der Waals surface area contributed by atoms with Gasteiger partial charge in [0.2, 0.25) is 0 Å². The van der Waals surface area contributed by atoms with Gasteiger partial charge in [0.05, 0.1) is 0 Å². The highest BCUT2D eigenvalue weighted by molar-refractivity contribution is 6.35. The first kappa shape index (κ1) is 11.4. The van der Waals surface area contributed by atoms with Gasteiger partial charge in [0.25, 0.3) is 0 Å². The second-order valence-corrected chi connectivity index (χ2v) is 1.80. The second kappa shape index (κ2) is 5.71. The van der Waals surface area contributed by atoms with Crippen LogP contribution in [0.5, 0.6) is 0 Å². The van der Waals surface area contributed by atoms with Crippen LogP contribution in [0.1, 0.15) is 0 Å². The topological polar surface area (TPSA) is 37.3 Å². The molecule has 0 heterocycles. The Balaban J connectivity index is 0. The van der Waals surface area contributed by atoms with Crippen LogP contribution in [-0.4, -0.2) is 39.7 Å². The average molecular weight is 173 g/mol. The van der Waals surface area contributed by atoms with Gasteiger partial charge in [-0.25, -0.2) is 0 Å². The van der Waals surface area contributed by atoms with E-state index in [1.165, 1.54) is 0 Å². The van der Waals surface area contributed by atoms with E-state index in [2.05, 4.69) is 0 Å². The molecule has 0 spiro atoms. The third kappa shape index (κ3) is 4.73. The smallest absolute Gasteiger partial charge is 0.322 e. The van der Waals surface area contributed by atoms with Crippen molar-refractivity contribution in [3.05, 3.63) is 0 Å². The van der Waals surface area contributed by atoms with Crippen molar-refractivity contribution in [3.63, 3.8) is 0 Å². The summed E-state index contributed by atoms with van der Waals surface area (Å²) in [7, 11) is 0. The molecule has 0 aromatic heterocycles. The highest BCUT2D eigenvalue weighted by Gasteiger charge is 2.09. The van der Waals surface area contributed by atoms with Crippen molar-refractivity contribution in [2.75, 3.05) is 5.88 Å². The first-order valence-electron chi connectivity index (χ1n) is 1.61. The molecular weight excluding hydrogens is 166 g/mol. The van der Waals surface area contributed by atoms with E-state index in [-0.39, 0.29) is 23.2 Å². The van der Waals surface area contributed by atoms with Crippen LogP contribution < -0.4 is 0 Å². The van der Waals surface area contributed by atoms with Crippen molar-refractivity contribution >= 4 is 46.5 Å². The normalized spacial score (nSPS) is 11.8. The van der Waals surface area contributed by atoms with Gasteiger partial charge in [0.1, 0.15) is 5.38 Å². The first-order valence-corrected chi connectivity index (χ1v) is 2.58. The van der Waals surface area contributed by atoms with Gasteiger partial charge in [0.15, 0.2) is 17.4 Å². The molecule has 2 nitrogen and oxygen atoms in total. The Bertz CT molecular complexity index is 77.7. The SMILES string of the molecule is O=C(O)C(Cl)CCl.[AlH3]. The number of aliphatic carboxylic acids is 1. The molecular formula is C3H7AlCl2O2. The van der Waals surface area contributed by atoms with E-state index in [4.69, 9.17) is 28.3 Å². The van der Waals surface area contributed by atoms with Gasteiger partial charge in [-0.1, -0.05) is 0 Å². The first-order chi connectivity index (χ1) is 3.18. The molecule has 0 radical (unpaired) electrons. The summed E-state index contributed by atoms with van der Waals surface area (Å²) < 4.78 is 0. The number of rotatable bonds is 2. The fraction of sp³-hybridized carbons (Fsp3) is 0.667. The Morgan fingerprint density at radius 1 is 1.75 bits per heavy atom. The minimum absolute atomic E-state index is 0. The maximum absolute atomic E-state index is 9.71. The van der Waals surface area contributed by atoms with Gasteiger partial charge in [-0.15, -0.1) is 23.2 Å². The Labute approximate surface area is 67.9 Å². The largest absolute Gasteiger partial charge is 0.480 e. The van der Waals surface area contributed by atoms with E-state index in [9.17, 15) is 4.79 Å². The fourth-order valence-corrected chi connectivity index (χ4v) is 0.198. The van der Waals surface area contributed by atoms with E-state index in [0.717, 1.165) is 0 Å². The summed E-state index contributed by atoms with van der Waals surface area (Å²) in [4.78, 5) is 9.71. The third-order valence-electron chi connectivity index (χ3n) is 0.403. The second-order valence-electron chi connectivity index (χ2n) is 0.960. The molecule has 1 N–H and O–H groups in total. The quantitative estimate of drug-likeness (QED) is 0.461. The number of hydrogen-bond donors (Lipinski definition) is 1. The molecule has 0 aromatic rings. The highest BCUT2D eigenvalue weighted by Crippen LogP contribution is 1.96. The van der Waals surface area contributed by atoms with Crippen molar-refractivity contribution in [1.29, 1.82) is 0 Å². The Morgan fingerprint density at radius 3 is 2.12 bits per heavy atom. The van der Waals surface area contributed by atoms with Crippen molar-refractivity contribution < 1.29 is 9.90 Å². The summed E-state index contributed by atoms with van der Waals surface area (Å²) in [6.07, 6.45) is 0. The molecule has 0 rings (SSSR count). The predicted molar refractivity (Wildman–Crippen MR) is 37.9 cm³/mol. The van der Waals surface area contributed by atoms with Gasteiger partial charge in [-0.2, -0.15) is 0 Å². The van der Waals surface area contributed by atoms with Crippen molar-refractivity contribution in [1.82, 2.24) is 0 Å². The van der Waals surface area contributed by atoms with Crippen LogP contribution in [0.3, 0.4) is 0 Å². The van der Waals surface area contributed by atoms with Gasteiger partial charge < -0.3 is 5.11 Å². The monoisotopic (exact) mass is 172 g/mol. The molecule has 0 aliphatic heterocycles. The van der Waals surface area contributed by atoms with E-state index >= 15 is 0 Å². The zero-order valence-electron chi connectivity index (χ0n) is 3.40. The van der Waals surface area contributed by atoms with E-state index in [0.29, 0.717) is 0 Å². The molecule has 0 aliphatic rings. The molecule has 48 valence electrons. The minimum Gasteiger partial charge on any atom is -0.480 e. The average Bonchev–Trinajstić information content (AvgIpc) is 1.65. The molecule has 8 heavy (non-hydrogen) atoms. The zero-order chi connectivity index (χ0) is 5.86. The van der Waals surface area contributed by atoms with Crippen LogP contribution in [0.15, 0.2) is 0 Å². The van der Waals surface area contributed by atoms with E-state index in [1.807, 2.05) is 0 Å². The summed E-state index contributed by atoms with van der Waals surface area (Å²) in [6, 6.07) is 0. The molecule has 1 unspecified atom stereocenters. The standard InChI is InChI=1S/C3H4Cl2O2.Al.3H/c4-1-2(5)3(6)7;;;;/h2H,1H2,(H,6,7);;;;. The van der Waals surface area contributed by atoms with Gasteiger partial charge in [-0.3, -0.25) is 4.79 Å². The molecule has 1 atom stereocenters. The van der Waals surface area contributed by atoms with Crippen molar-refractivity contribution in [2.45, 2.75) is 5.38 Å². The van der Waals surface area contributed by atoms with Crippen LogP contribution in [0.2, 0.25) is 0 Å². The Morgan fingerprint density at radius 2 is 2.12 bits per heavy atom. The highest BCUT2D eigenvalue weighted by atomic mass is 35.5. The molecule has 0 saturated carbocycles. The summed E-state index contributed by atoms with van der Waals surface area (Å²) in [5, 5.41) is 7.02. The molecule has 0 bridgehead atoms. The lowest BCUT2D eigenvalue weighted by molar-refractivity contribution is -0.136. The fourth-order valence-electron chi connectivity index (χ4n) is 0.0660. The molecule has 5 heteroatoms. The Hall–Kier alpha value is 0.582. The lowest BCUT2D eigenvalue weighted by Crippen LogP contribution is -2.13. The third-order valence-corrected chi connectivity index (χ3v) is 1.21. The Kier molecular flexibility index (Phi) is 8.13. The minimum atomic E-state index is -1.07. The molecule has 0 fully saturated rings. The van der Waals surface area contributed by atoms with Crippen LogP contribution in [-0.2, 0) is 4.79 Å². The number of carboxylic acid groups (broad SMARTS) is 1. The number of hydrogen-bond acceptors (Lipinski definition) is 1. The van der Waals surface area contributed by atoms with E-state index in [1.54, 1.807) is 0 Å². The van der Waals surface area contributed by atoms with Crippen molar-refractivity contribution in [2.24, 2.45) is 0 Å². The molecule has 0 saturated heterocycles. The number of carbonyl (C=O) groups is 1. The number of alkyl halides is 2. The summed E-state index contributed by atoms with van der Waals surface area (Å²) in [5.74, 6) is -1.12. The summed E-state index contributed by atoms with van der Waals surface area (Å²) >= 11 is 10.1. The number of carboxylic acids is 1. The molecule has 0 amide bonds. The zero-order valence-corrected chi connectivity index (χ0v) is 4.91. The van der Waals surface area contributed by atoms with Crippen LogP contribution in [0.25, 0.3) is 0 Å².